The van der Waals surface area contributed by atoms with Crippen molar-refractivity contribution in [3.05, 3.63) is 34.4 Å². The smallest absolute Gasteiger partial charge is 0.0473 e. The molecule has 0 amide bonds. The van der Waals surface area contributed by atoms with Crippen LogP contribution in [0.15, 0.2) is 12.1 Å². The van der Waals surface area contributed by atoms with Crippen molar-refractivity contribution in [2.75, 3.05) is 25.6 Å². The molecule has 2 atom stereocenters. The lowest BCUT2D eigenvalue weighted by atomic mass is 9.94. The van der Waals surface area contributed by atoms with Gasteiger partial charge in [0.1, 0.15) is 0 Å². The van der Waals surface area contributed by atoms with Gasteiger partial charge in [-0.15, -0.1) is 0 Å². The van der Waals surface area contributed by atoms with Gasteiger partial charge < -0.3 is 5.73 Å². The standard InChI is InChI=1S/C17H30N2S/c1-7-15(11-20-6)19(5)17(10-18)16-9-13(3)12(2)8-14(16)4/h8-9,15,17H,7,10-11,18H2,1-6H3. The Morgan fingerprint density at radius 3 is 2.25 bits per heavy atom. The van der Waals surface area contributed by atoms with E-state index in [-0.39, 0.29) is 0 Å². The molecule has 0 aliphatic rings. The van der Waals surface area contributed by atoms with Crippen LogP contribution in [0.1, 0.15) is 41.6 Å². The largest absolute Gasteiger partial charge is 0.329 e. The predicted molar refractivity (Wildman–Crippen MR) is 92.7 cm³/mol. The summed E-state index contributed by atoms with van der Waals surface area (Å²) in [4.78, 5) is 2.47. The van der Waals surface area contributed by atoms with Crippen molar-refractivity contribution in [3.63, 3.8) is 0 Å². The van der Waals surface area contributed by atoms with Gasteiger partial charge in [-0.2, -0.15) is 11.8 Å². The van der Waals surface area contributed by atoms with E-state index < -0.39 is 0 Å². The molecule has 0 aliphatic carbocycles. The lowest BCUT2D eigenvalue weighted by molar-refractivity contribution is 0.187. The minimum absolute atomic E-state index is 0.311. The van der Waals surface area contributed by atoms with Crippen LogP contribution in [0.2, 0.25) is 0 Å². The number of hydrogen-bond donors (Lipinski definition) is 1. The fourth-order valence-corrected chi connectivity index (χ4v) is 3.68. The maximum absolute atomic E-state index is 6.10. The number of rotatable bonds is 7. The monoisotopic (exact) mass is 294 g/mol. The van der Waals surface area contributed by atoms with Crippen LogP contribution in [-0.4, -0.2) is 36.5 Å². The van der Waals surface area contributed by atoms with Crippen molar-refractivity contribution >= 4 is 11.8 Å². The molecule has 1 aromatic carbocycles. The molecule has 2 N–H and O–H groups in total. The summed E-state index contributed by atoms with van der Waals surface area (Å²) in [5.74, 6) is 1.16. The third kappa shape index (κ3) is 4.00. The number of nitrogens with zero attached hydrogens (tertiary/aromatic N) is 1. The van der Waals surface area contributed by atoms with Crippen LogP contribution in [0.5, 0.6) is 0 Å². The molecule has 0 bridgehead atoms. The molecule has 1 rings (SSSR count). The maximum Gasteiger partial charge on any atom is 0.0473 e. The molecule has 114 valence electrons. The van der Waals surface area contributed by atoms with Crippen LogP contribution in [0.3, 0.4) is 0 Å². The summed E-state index contributed by atoms with van der Waals surface area (Å²) < 4.78 is 0. The van der Waals surface area contributed by atoms with Crippen LogP contribution in [0, 0.1) is 20.8 Å². The van der Waals surface area contributed by atoms with Gasteiger partial charge in [-0.1, -0.05) is 19.1 Å². The SMILES string of the molecule is CCC(CSC)N(C)C(CN)c1cc(C)c(C)cc1C. The summed E-state index contributed by atoms with van der Waals surface area (Å²) >= 11 is 1.91. The Morgan fingerprint density at radius 1 is 1.15 bits per heavy atom. The van der Waals surface area contributed by atoms with Crippen molar-refractivity contribution in [1.82, 2.24) is 4.90 Å². The van der Waals surface area contributed by atoms with Gasteiger partial charge in [-0.25, -0.2) is 0 Å². The first-order chi connectivity index (χ1) is 9.46. The van der Waals surface area contributed by atoms with Gasteiger partial charge in [0.05, 0.1) is 0 Å². The normalized spacial score (nSPS) is 14.6. The number of nitrogens with two attached hydrogens (primary N) is 1. The number of likely N-dealkylation sites (N-methyl/N-ethyl adjacent to an activating group) is 1. The summed E-state index contributed by atoms with van der Waals surface area (Å²) in [5, 5.41) is 0. The summed E-state index contributed by atoms with van der Waals surface area (Å²) in [6, 6.07) is 5.51. The first-order valence-electron chi connectivity index (χ1n) is 7.44. The topological polar surface area (TPSA) is 29.3 Å². The molecular formula is C17H30N2S. The molecule has 0 saturated carbocycles. The second-order valence-corrected chi connectivity index (χ2v) is 6.64. The van der Waals surface area contributed by atoms with Crippen LogP contribution in [-0.2, 0) is 0 Å². The van der Waals surface area contributed by atoms with Crippen LogP contribution >= 0.6 is 11.8 Å². The first-order valence-corrected chi connectivity index (χ1v) is 8.84. The Balaban J connectivity index is 3.09. The molecule has 0 heterocycles. The third-order valence-electron chi connectivity index (χ3n) is 4.36. The average Bonchev–Trinajstić information content (AvgIpc) is 2.42. The van der Waals surface area contributed by atoms with E-state index >= 15 is 0 Å². The van der Waals surface area contributed by atoms with Crippen molar-refractivity contribution in [2.45, 2.75) is 46.2 Å². The summed E-state index contributed by atoms with van der Waals surface area (Å²) in [7, 11) is 2.22. The van der Waals surface area contributed by atoms with E-state index in [1.807, 2.05) is 11.8 Å². The quantitative estimate of drug-likeness (QED) is 0.831. The van der Waals surface area contributed by atoms with E-state index in [1.54, 1.807) is 0 Å². The highest BCUT2D eigenvalue weighted by Crippen LogP contribution is 2.27. The van der Waals surface area contributed by atoms with E-state index in [0.29, 0.717) is 18.6 Å². The van der Waals surface area contributed by atoms with Crippen molar-refractivity contribution in [2.24, 2.45) is 5.73 Å². The number of thioether (sulfide) groups is 1. The Bertz CT molecular complexity index is 431. The summed E-state index contributed by atoms with van der Waals surface area (Å²) in [6.07, 6.45) is 3.34. The first kappa shape index (κ1) is 17.5. The number of hydrogen-bond acceptors (Lipinski definition) is 3. The molecule has 3 heteroatoms. The number of benzene rings is 1. The van der Waals surface area contributed by atoms with E-state index in [2.05, 4.69) is 58.0 Å². The highest BCUT2D eigenvalue weighted by Gasteiger charge is 2.23. The van der Waals surface area contributed by atoms with Crippen LogP contribution in [0.4, 0.5) is 0 Å². The van der Waals surface area contributed by atoms with Crippen molar-refractivity contribution in [1.29, 1.82) is 0 Å². The van der Waals surface area contributed by atoms with Crippen LogP contribution < -0.4 is 5.73 Å². The van der Waals surface area contributed by atoms with Gasteiger partial charge in [-0.3, -0.25) is 4.90 Å². The Hall–Kier alpha value is -0.510. The van der Waals surface area contributed by atoms with Gasteiger partial charge >= 0.3 is 0 Å². The molecule has 0 fully saturated rings. The van der Waals surface area contributed by atoms with Gasteiger partial charge in [0, 0.05) is 24.4 Å². The molecule has 2 nitrogen and oxygen atoms in total. The second-order valence-electron chi connectivity index (χ2n) is 5.73. The molecular weight excluding hydrogens is 264 g/mol. The fourth-order valence-electron chi connectivity index (χ4n) is 2.82. The molecule has 0 aliphatic heterocycles. The predicted octanol–water partition coefficient (Wildman–Crippen LogP) is 3.69. The zero-order valence-corrected chi connectivity index (χ0v) is 14.7. The minimum atomic E-state index is 0.311. The Morgan fingerprint density at radius 2 is 1.75 bits per heavy atom. The third-order valence-corrected chi connectivity index (χ3v) is 5.08. The van der Waals surface area contributed by atoms with E-state index in [4.69, 9.17) is 5.73 Å². The molecule has 0 saturated heterocycles. The van der Waals surface area contributed by atoms with Crippen LogP contribution in [0.25, 0.3) is 0 Å². The fraction of sp³-hybridized carbons (Fsp3) is 0.647. The average molecular weight is 295 g/mol. The lowest BCUT2D eigenvalue weighted by Gasteiger charge is -2.35. The summed E-state index contributed by atoms with van der Waals surface area (Å²) in [6.45, 7) is 9.50. The molecule has 2 unspecified atom stereocenters. The van der Waals surface area contributed by atoms with E-state index in [1.165, 1.54) is 22.3 Å². The highest BCUT2D eigenvalue weighted by molar-refractivity contribution is 7.98. The molecule has 1 aromatic rings. The molecule has 0 spiro atoms. The van der Waals surface area contributed by atoms with Gasteiger partial charge in [-0.05, 0) is 62.7 Å². The Kier molecular flexibility index (Phi) is 7.07. The van der Waals surface area contributed by atoms with Crippen molar-refractivity contribution < 1.29 is 0 Å². The maximum atomic E-state index is 6.10. The zero-order valence-electron chi connectivity index (χ0n) is 13.9. The summed E-state index contributed by atoms with van der Waals surface area (Å²) in [5.41, 5.74) is 11.6. The van der Waals surface area contributed by atoms with Gasteiger partial charge in [0.15, 0.2) is 0 Å². The van der Waals surface area contributed by atoms with E-state index in [0.717, 1.165) is 12.2 Å². The zero-order chi connectivity index (χ0) is 15.3. The Labute approximate surface area is 129 Å². The second kappa shape index (κ2) is 8.06. The molecule has 0 aromatic heterocycles. The molecule has 0 radical (unpaired) electrons. The minimum Gasteiger partial charge on any atom is -0.329 e. The number of aryl methyl sites for hydroxylation is 3. The highest BCUT2D eigenvalue weighted by atomic mass is 32.2. The van der Waals surface area contributed by atoms with E-state index in [9.17, 15) is 0 Å². The molecule has 20 heavy (non-hydrogen) atoms. The van der Waals surface area contributed by atoms with Gasteiger partial charge in [0.25, 0.3) is 0 Å². The lowest BCUT2D eigenvalue weighted by Crippen LogP contribution is -2.40. The van der Waals surface area contributed by atoms with Gasteiger partial charge in [0.2, 0.25) is 0 Å². The van der Waals surface area contributed by atoms with Crippen molar-refractivity contribution in [3.8, 4) is 0 Å².